The monoisotopic (exact) mass is 2120 g/mol. The third kappa shape index (κ3) is 34.0. The number of rotatable bonds is 27. The molecule has 17 nitrogen and oxygen atoms in total. The molecule has 0 aliphatic heterocycles. The molecule has 0 unspecified atom stereocenters. The Morgan fingerprint density at radius 2 is 0.481 bits per heavy atom. The van der Waals surface area contributed by atoms with E-state index in [1.807, 2.05) is 109 Å². The van der Waals surface area contributed by atoms with Crippen LogP contribution in [0.15, 0.2) is 347 Å². The van der Waals surface area contributed by atoms with Crippen molar-refractivity contribution in [2.45, 2.75) is 58.1 Å². The van der Waals surface area contributed by atoms with Crippen LogP contribution >= 0.6 is 174 Å². The molecule has 0 aliphatic carbocycles. The first-order valence-electron chi connectivity index (χ1n) is 39.1. The lowest BCUT2D eigenvalue weighted by atomic mass is 9.78. The van der Waals surface area contributed by atoms with E-state index in [1.165, 1.54) is 66.4 Å². The van der Waals surface area contributed by atoms with E-state index >= 15 is 0 Å². The third-order valence-electron chi connectivity index (χ3n) is 19.4. The maximum Gasteiger partial charge on any atom is 0.253 e. The fourth-order valence-corrected chi connectivity index (χ4v) is 16.0. The Kier molecular flexibility index (Phi) is 42.7. The minimum atomic E-state index is -3.73. The molecule has 14 aromatic rings. The summed E-state index contributed by atoms with van der Waals surface area (Å²) in [5, 5.41) is -5.95. The van der Waals surface area contributed by atoms with E-state index in [2.05, 4.69) is 13.8 Å². The molecule has 0 saturated carbocycles. The van der Waals surface area contributed by atoms with Crippen LogP contribution in [0.1, 0.15) is 192 Å². The number of sulfone groups is 1. The van der Waals surface area contributed by atoms with Gasteiger partial charge in [-0.25, -0.2) is 8.42 Å². The topological polar surface area (TPSA) is 282 Å². The van der Waals surface area contributed by atoms with E-state index in [0.717, 1.165) is 61.4 Å². The van der Waals surface area contributed by atoms with Crippen LogP contribution in [0.3, 0.4) is 0 Å². The highest BCUT2D eigenvalue weighted by Crippen LogP contribution is 2.34. The molecule has 33 heteroatoms. The second kappa shape index (κ2) is 52.8. The molecule has 0 radical (unpaired) electrons. The van der Waals surface area contributed by atoms with Crippen LogP contribution in [-0.2, 0) is 34.5 Å². The molecule has 0 fully saturated rings. The maximum atomic E-state index is 12.4. The highest BCUT2D eigenvalue weighted by Gasteiger charge is 2.25. The van der Waals surface area contributed by atoms with E-state index in [1.54, 1.807) is 164 Å². The van der Waals surface area contributed by atoms with E-state index in [0.29, 0.717) is 78.9 Å². The standard InChI is InChI=1S/C17H14Cl2O2.C16H12Cl2O2.C15H10Cl2O2.C14H8Cl2O4S.C14H8Cl2O3.C14H8Cl2O2S.C12H6Cl2O2/c1-17(2,13-7-3-11(4-8-13)15(18)20)14-9-5-12(6-10-14)16(19)21;17-15(19)13-7-3-11(4-8-13)1-2-12-5-9-14(10-6-12)16(18)20;16-14(18)12-5-1-10(2-6-12)9-11-3-7-13(8-4-11)15(17)19;15-13(17)9-1-5-11(6-2-9)21(19,20)12-7-3-10(4-8-12)14(16)18;2*15-13(17)9-1-5-11(6-2-9)19-12-7-3-10(4-8-12)14(16)18;13-11(15)9-6-5-7-3-1-2-4-8(7)10(9)12(14)16/h3-10H,1-2H3;3-10H,1-2H2;1-8H,9H2;1-8H;2*1-8H;1-6H. The average molecular weight is 2120 g/mol. The number of aryl methyl sites for hydroxylation is 2. The van der Waals surface area contributed by atoms with E-state index in [9.17, 15) is 75.5 Å². The van der Waals surface area contributed by atoms with Crippen molar-refractivity contribution < 1.29 is 80.3 Å². The molecule has 0 heterocycles. The minimum Gasteiger partial charge on any atom is -0.457 e. The molecule has 14 rings (SSSR count). The van der Waals surface area contributed by atoms with Crippen LogP contribution in [0.5, 0.6) is 11.5 Å². The van der Waals surface area contributed by atoms with Gasteiger partial charge in [0.25, 0.3) is 73.4 Å². The zero-order valence-corrected chi connectivity index (χ0v) is 82.1. The Morgan fingerprint density at radius 1 is 0.252 bits per heavy atom. The summed E-state index contributed by atoms with van der Waals surface area (Å²) in [5.41, 5.74) is 11.6. The van der Waals surface area contributed by atoms with Crippen LogP contribution in [-0.4, -0.2) is 81.8 Å². The highest BCUT2D eigenvalue weighted by atomic mass is 35.5. The first kappa shape index (κ1) is 109. The maximum absolute atomic E-state index is 12.4. The number of halogens is 14. The van der Waals surface area contributed by atoms with Gasteiger partial charge in [-0.05, 0) is 450 Å². The molecule has 14 aromatic carbocycles. The Balaban J connectivity index is 0.000000194. The summed E-state index contributed by atoms with van der Waals surface area (Å²) in [6.45, 7) is 4.14. The summed E-state index contributed by atoms with van der Waals surface area (Å²) in [7, 11) is -3.73. The molecule has 0 spiro atoms. The van der Waals surface area contributed by atoms with Crippen molar-refractivity contribution in [2.75, 3.05) is 0 Å². The number of carbonyl (C=O) groups is 14. The predicted molar refractivity (Wildman–Crippen MR) is 536 cm³/mol. The van der Waals surface area contributed by atoms with Crippen molar-refractivity contribution in [3.05, 3.63) is 439 Å². The van der Waals surface area contributed by atoms with Gasteiger partial charge in [0.15, 0.2) is 0 Å². The molecule has 0 bridgehead atoms. The molecular formula is C102H66Cl14O17S2. The van der Waals surface area contributed by atoms with Gasteiger partial charge in [0, 0.05) is 87.5 Å². The van der Waals surface area contributed by atoms with Gasteiger partial charge in [-0.2, -0.15) is 0 Å². The Bertz CT molecular complexity index is 6180. The average Bonchev–Trinajstić information content (AvgIpc) is 0.787. The third-order valence-corrected chi connectivity index (χ3v) is 25.2. The van der Waals surface area contributed by atoms with Crippen LogP contribution < -0.4 is 4.74 Å². The number of hydrogen-bond donors (Lipinski definition) is 0. The van der Waals surface area contributed by atoms with E-state index < -0.39 is 83.2 Å². The summed E-state index contributed by atoms with van der Waals surface area (Å²) >= 11 is 76.9. The van der Waals surface area contributed by atoms with Crippen molar-refractivity contribution in [3.8, 4) is 11.5 Å². The van der Waals surface area contributed by atoms with Crippen LogP contribution in [0.25, 0.3) is 10.8 Å². The van der Waals surface area contributed by atoms with Crippen molar-refractivity contribution in [2.24, 2.45) is 0 Å². The number of ether oxygens (including phenoxy) is 1. The van der Waals surface area contributed by atoms with Gasteiger partial charge in [0.05, 0.1) is 15.4 Å². The van der Waals surface area contributed by atoms with Gasteiger partial charge in [0.1, 0.15) is 11.5 Å². The summed E-state index contributed by atoms with van der Waals surface area (Å²) < 4.78 is 30.3. The quantitative estimate of drug-likeness (QED) is 0.0432. The van der Waals surface area contributed by atoms with E-state index in [4.69, 9.17) is 167 Å². The minimum absolute atomic E-state index is 0.0223. The lowest BCUT2D eigenvalue weighted by Crippen LogP contribution is -2.19. The SMILES string of the molecule is CC(C)(c1ccc(C(=O)Cl)cc1)c1ccc(C(=O)Cl)cc1.O=C(Cl)c1ccc(CCc2ccc(C(=O)Cl)cc2)cc1.O=C(Cl)c1ccc(Cc2ccc(C(=O)Cl)cc2)cc1.O=C(Cl)c1ccc(Oc2ccc(C(=O)Cl)cc2)cc1.O=C(Cl)c1ccc(S(=O)(=O)c2ccc(C(=O)Cl)cc2)cc1.O=C(Cl)c1ccc(Sc2ccc(C(=O)Cl)cc2)cc1.O=C(Cl)c1ccc2ccccc2c1C(=O)Cl. The normalized spacial score (nSPS) is 10.5. The number of fused-ring (bicyclic) bond motifs is 1. The fourth-order valence-electron chi connectivity index (χ4n) is 12.0. The smallest absolute Gasteiger partial charge is 0.253 e. The van der Waals surface area contributed by atoms with Crippen molar-refractivity contribution in [1.82, 2.24) is 0 Å². The van der Waals surface area contributed by atoms with Crippen LogP contribution in [0.2, 0.25) is 0 Å². The number of carbonyl (C=O) groups excluding carboxylic acids is 14. The Labute approximate surface area is 849 Å². The van der Waals surface area contributed by atoms with Crippen LogP contribution in [0, 0.1) is 0 Å². The zero-order chi connectivity index (χ0) is 99.0. The van der Waals surface area contributed by atoms with Gasteiger partial charge in [0.2, 0.25) is 9.84 Å². The molecule has 0 amide bonds. The number of hydrogen-bond acceptors (Lipinski definition) is 18. The molecule has 0 saturated heterocycles. The summed E-state index contributed by atoms with van der Waals surface area (Å²) in [4.78, 5) is 156. The van der Waals surface area contributed by atoms with Gasteiger partial charge in [-0.3, -0.25) is 67.1 Å². The molecule has 0 aromatic heterocycles. The molecule has 0 atom stereocenters. The highest BCUT2D eigenvalue weighted by molar-refractivity contribution is 7.99. The van der Waals surface area contributed by atoms with Crippen molar-refractivity contribution in [3.63, 3.8) is 0 Å². The summed E-state index contributed by atoms with van der Waals surface area (Å²) in [6, 6.07) is 90.8. The lowest BCUT2D eigenvalue weighted by molar-refractivity contribution is 0.105. The summed E-state index contributed by atoms with van der Waals surface area (Å²) in [6.07, 6.45) is 2.42. The fraction of sp³-hybridized carbons (Fsp3) is 0.0588. The van der Waals surface area contributed by atoms with Gasteiger partial charge in [-0.15, -0.1) is 0 Å². The molecule has 135 heavy (non-hydrogen) atoms. The van der Waals surface area contributed by atoms with Gasteiger partial charge >= 0.3 is 0 Å². The van der Waals surface area contributed by atoms with E-state index in [-0.39, 0.29) is 37.5 Å². The second-order valence-electron chi connectivity index (χ2n) is 28.6. The van der Waals surface area contributed by atoms with Crippen LogP contribution in [0.4, 0.5) is 0 Å². The first-order valence-corrected chi connectivity index (χ1v) is 46.7. The van der Waals surface area contributed by atoms with Crippen molar-refractivity contribution >= 4 is 268 Å². The van der Waals surface area contributed by atoms with Gasteiger partial charge in [-0.1, -0.05) is 129 Å². The predicted octanol–water partition coefficient (Wildman–Crippen LogP) is 28.7. The summed E-state index contributed by atoms with van der Waals surface area (Å²) in [5.74, 6) is 1.12. The Morgan fingerprint density at radius 3 is 0.733 bits per heavy atom. The molecule has 0 aliphatic rings. The Hall–Kier alpha value is -11.1. The number of benzene rings is 14. The largest absolute Gasteiger partial charge is 0.457 e. The lowest BCUT2D eigenvalue weighted by Gasteiger charge is -2.26. The second-order valence-corrected chi connectivity index (χ2v) is 36.5. The molecule has 0 N–H and O–H groups in total. The zero-order valence-electron chi connectivity index (χ0n) is 69.8. The molecule has 686 valence electrons. The first-order chi connectivity index (χ1) is 64.0. The molecular weight excluding hydrogens is 2060 g/mol. The van der Waals surface area contributed by atoms with Crippen molar-refractivity contribution in [1.29, 1.82) is 0 Å². The van der Waals surface area contributed by atoms with Gasteiger partial charge < -0.3 is 4.74 Å².